The van der Waals surface area contributed by atoms with E-state index < -0.39 is 12.1 Å². The molecular formula is C12H16O3. The number of hydrogen-bond acceptors (Lipinski definition) is 3. The zero-order valence-electron chi connectivity index (χ0n) is 9.01. The van der Waals surface area contributed by atoms with Gasteiger partial charge in [0.15, 0.2) is 6.10 Å². The number of carbonyl (C=O) groups is 1. The van der Waals surface area contributed by atoms with Crippen molar-refractivity contribution in [3.8, 4) is 0 Å². The molecule has 82 valence electrons. The number of rotatable bonds is 4. The standard InChI is InChI=1S/C12H16O3/c1-9(2)8-15-12(14)11(13)10-6-4-3-5-7-10/h3-7,9,11,13H,8H2,1-2H3/t11-/m1/s1. The van der Waals surface area contributed by atoms with Gasteiger partial charge in [0.05, 0.1) is 6.61 Å². The second-order valence-corrected chi connectivity index (χ2v) is 3.84. The van der Waals surface area contributed by atoms with Crippen molar-refractivity contribution in [2.75, 3.05) is 6.61 Å². The maximum atomic E-state index is 11.4. The highest BCUT2D eigenvalue weighted by molar-refractivity contribution is 5.76. The highest BCUT2D eigenvalue weighted by Gasteiger charge is 2.18. The fraction of sp³-hybridized carbons (Fsp3) is 0.417. The smallest absolute Gasteiger partial charge is 0.339 e. The molecule has 1 aromatic rings. The Bertz CT molecular complexity index is 306. The van der Waals surface area contributed by atoms with E-state index >= 15 is 0 Å². The fourth-order valence-electron chi connectivity index (χ4n) is 1.10. The number of esters is 1. The summed E-state index contributed by atoms with van der Waals surface area (Å²) in [6.45, 7) is 4.23. The van der Waals surface area contributed by atoms with E-state index in [0.29, 0.717) is 12.2 Å². The van der Waals surface area contributed by atoms with E-state index in [0.717, 1.165) is 0 Å². The van der Waals surface area contributed by atoms with Crippen molar-refractivity contribution >= 4 is 5.97 Å². The van der Waals surface area contributed by atoms with Gasteiger partial charge in [0, 0.05) is 0 Å². The molecule has 0 saturated carbocycles. The van der Waals surface area contributed by atoms with Gasteiger partial charge in [0.2, 0.25) is 0 Å². The second kappa shape index (κ2) is 5.51. The van der Waals surface area contributed by atoms with Crippen molar-refractivity contribution < 1.29 is 14.6 Å². The van der Waals surface area contributed by atoms with Gasteiger partial charge in [-0.1, -0.05) is 44.2 Å². The van der Waals surface area contributed by atoms with Crippen LogP contribution in [0.25, 0.3) is 0 Å². The Hall–Kier alpha value is -1.35. The van der Waals surface area contributed by atoms with Gasteiger partial charge >= 0.3 is 5.97 Å². The van der Waals surface area contributed by atoms with E-state index in [1.807, 2.05) is 19.9 Å². The summed E-state index contributed by atoms with van der Waals surface area (Å²) >= 11 is 0. The first kappa shape index (κ1) is 11.7. The third-order valence-corrected chi connectivity index (χ3v) is 1.90. The number of aliphatic hydroxyl groups is 1. The van der Waals surface area contributed by atoms with Crippen LogP contribution in [-0.2, 0) is 9.53 Å². The molecule has 0 heterocycles. The van der Waals surface area contributed by atoms with Crippen molar-refractivity contribution in [3.05, 3.63) is 35.9 Å². The lowest BCUT2D eigenvalue weighted by Gasteiger charge is -2.12. The summed E-state index contributed by atoms with van der Waals surface area (Å²) in [4.78, 5) is 11.4. The predicted molar refractivity (Wildman–Crippen MR) is 57.2 cm³/mol. The maximum absolute atomic E-state index is 11.4. The minimum Gasteiger partial charge on any atom is -0.463 e. The topological polar surface area (TPSA) is 46.5 Å². The molecule has 0 fully saturated rings. The summed E-state index contributed by atoms with van der Waals surface area (Å²) in [5, 5.41) is 9.63. The lowest BCUT2D eigenvalue weighted by molar-refractivity contribution is -0.155. The third-order valence-electron chi connectivity index (χ3n) is 1.90. The van der Waals surface area contributed by atoms with Gasteiger partial charge < -0.3 is 9.84 Å². The number of hydrogen-bond donors (Lipinski definition) is 1. The van der Waals surface area contributed by atoms with Crippen LogP contribution in [0.1, 0.15) is 25.5 Å². The second-order valence-electron chi connectivity index (χ2n) is 3.84. The summed E-state index contributed by atoms with van der Waals surface area (Å²) < 4.78 is 4.93. The first-order valence-electron chi connectivity index (χ1n) is 5.01. The largest absolute Gasteiger partial charge is 0.463 e. The van der Waals surface area contributed by atoms with Crippen LogP contribution in [0.4, 0.5) is 0 Å². The summed E-state index contributed by atoms with van der Waals surface area (Å²) in [5.41, 5.74) is 0.561. The zero-order valence-corrected chi connectivity index (χ0v) is 9.01. The number of ether oxygens (including phenoxy) is 1. The lowest BCUT2D eigenvalue weighted by atomic mass is 10.1. The molecule has 1 N–H and O–H groups in total. The Morgan fingerprint density at radius 2 is 1.93 bits per heavy atom. The van der Waals surface area contributed by atoms with E-state index in [2.05, 4.69) is 0 Å². The summed E-state index contributed by atoms with van der Waals surface area (Å²) in [6, 6.07) is 8.76. The van der Waals surface area contributed by atoms with Gasteiger partial charge in [-0.15, -0.1) is 0 Å². The highest BCUT2D eigenvalue weighted by atomic mass is 16.5. The van der Waals surface area contributed by atoms with Crippen molar-refractivity contribution in [3.63, 3.8) is 0 Å². The minimum absolute atomic E-state index is 0.275. The highest BCUT2D eigenvalue weighted by Crippen LogP contribution is 2.13. The quantitative estimate of drug-likeness (QED) is 0.769. The van der Waals surface area contributed by atoms with Crippen molar-refractivity contribution in [1.82, 2.24) is 0 Å². The molecule has 0 aliphatic carbocycles. The average molecular weight is 208 g/mol. The summed E-state index contributed by atoms with van der Waals surface area (Å²) in [7, 11) is 0. The number of aliphatic hydroxyl groups excluding tert-OH is 1. The lowest BCUT2D eigenvalue weighted by Crippen LogP contribution is -2.17. The molecule has 0 unspecified atom stereocenters. The fourth-order valence-corrected chi connectivity index (χ4v) is 1.10. The Kier molecular flexibility index (Phi) is 4.31. The predicted octanol–water partition coefficient (Wildman–Crippen LogP) is 1.92. The van der Waals surface area contributed by atoms with Crippen LogP contribution in [0, 0.1) is 5.92 Å². The third kappa shape index (κ3) is 3.72. The Morgan fingerprint density at radius 3 is 2.47 bits per heavy atom. The normalized spacial score (nSPS) is 12.5. The molecule has 0 radical (unpaired) electrons. The Balaban J connectivity index is 2.54. The molecule has 0 aliphatic rings. The SMILES string of the molecule is CC(C)COC(=O)[C@H](O)c1ccccc1. The minimum atomic E-state index is -1.18. The van der Waals surface area contributed by atoms with E-state index in [1.54, 1.807) is 24.3 Å². The molecule has 0 aromatic heterocycles. The van der Waals surface area contributed by atoms with Gasteiger partial charge in [-0.05, 0) is 11.5 Å². The van der Waals surface area contributed by atoms with Gasteiger partial charge in [0.1, 0.15) is 0 Å². The van der Waals surface area contributed by atoms with Crippen LogP contribution in [0.3, 0.4) is 0 Å². The van der Waals surface area contributed by atoms with Crippen molar-refractivity contribution in [2.24, 2.45) is 5.92 Å². The van der Waals surface area contributed by atoms with Crippen molar-refractivity contribution in [2.45, 2.75) is 20.0 Å². The van der Waals surface area contributed by atoms with Crippen LogP contribution in [0.15, 0.2) is 30.3 Å². The first-order valence-corrected chi connectivity index (χ1v) is 5.01. The van der Waals surface area contributed by atoms with E-state index in [-0.39, 0.29) is 5.92 Å². The molecule has 1 atom stereocenters. The van der Waals surface area contributed by atoms with Crippen LogP contribution >= 0.6 is 0 Å². The van der Waals surface area contributed by atoms with Crippen molar-refractivity contribution in [1.29, 1.82) is 0 Å². The van der Waals surface area contributed by atoms with Gasteiger partial charge in [-0.25, -0.2) is 4.79 Å². The molecular weight excluding hydrogens is 192 g/mol. The molecule has 0 amide bonds. The molecule has 0 bridgehead atoms. The van der Waals surface area contributed by atoms with Crippen LogP contribution in [-0.4, -0.2) is 17.7 Å². The Morgan fingerprint density at radius 1 is 1.33 bits per heavy atom. The number of benzene rings is 1. The van der Waals surface area contributed by atoms with Crippen LogP contribution < -0.4 is 0 Å². The zero-order chi connectivity index (χ0) is 11.3. The summed E-state index contributed by atoms with van der Waals surface area (Å²) in [6.07, 6.45) is -1.18. The van der Waals surface area contributed by atoms with E-state index in [1.165, 1.54) is 0 Å². The molecule has 0 saturated heterocycles. The average Bonchev–Trinajstić information content (AvgIpc) is 2.26. The molecule has 1 aromatic carbocycles. The van der Waals surface area contributed by atoms with Crippen LogP contribution in [0.2, 0.25) is 0 Å². The van der Waals surface area contributed by atoms with Gasteiger partial charge in [-0.2, -0.15) is 0 Å². The molecule has 0 spiro atoms. The molecule has 3 nitrogen and oxygen atoms in total. The number of carbonyl (C=O) groups excluding carboxylic acids is 1. The molecule has 3 heteroatoms. The monoisotopic (exact) mass is 208 g/mol. The van der Waals surface area contributed by atoms with Gasteiger partial charge in [0.25, 0.3) is 0 Å². The molecule has 0 aliphatic heterocycles. The molecule has 15 heavy (non-hydrogen) atoms. The van der Waals surface area contributed by atoms with Crippen LogP contribution in [0.5, 0.6) is 0 Å². The van der Waals surface area contributed by atoms with E-state index in [4.69, 9.17) is 4.74 Å². The van der Waals surface area contributed by atoms with Gasteiger partial charge in [-0.3, -0.25) is 0 Å². The maximum Gasteiger partial charge on any atom is 0.339 e. The van der Waals surface area contributed by atoms with E-state index in [9.17, 15) is 9.90 Å². The molecule has 1 rings (SSSR count). The first-order chi connectivity index (χ1) is 7.11. The summed E-state index contributed by atoms with van der Waals surface area (Å²) in [5.74, 6) is -0.313. The Labute approximate surface area is 89.7 Å².